The van der Waals surface area contributed by atoms with Crippen LogP contribution < -0.4 is 5.32 Å². The Morgan fingerprint density at radius 1 is 1.35 bits per heavy atom. The van der Waals surface area contributed by atoms with Gasteiger partial charge in [0.25, 0.3) is 5.92 Å². The van der Waals surface area contributed by atoms with Gasteiger partial charge in [0.1, 0.15) is 5.60 Å². The van der Waals surface area contributed by atoms with Gasteiger partial charge in [-0.3, -0.25) is 4.79 Å². The van der Waals surface area contributed by atoms with Crippen molar-refractivity contribution in [1.82, 2.24) is 10.2 Å². The van der Waals surface area contributed by atoms with Gasteiger partial charge in [0.2, 0.25) is 5.91 Å². The lowest BCUT2D eigenvalue weighted by molar-refractivity contribution is -0.160. The Balaban J connectivity index is 2.35. The minimum absolute atomic E-state index is 0.435. The molecule has 0 aliphatic carbocycles. The molecule has 0 radical (unpaired) electrons. The summed E-state index contributed by atoms with van der Waals surface area (Å²) in [5.74, 6) is -3.27. The summed E-state index contributed by atoms with van der Waals surface area (Å²) in [5, 5.41) is 2.52. The highest BCUT2D eigenvalue weighted by Gasteiger charge is 2.45. The van der Waals surface area contributed by atoms with Crippen molar-refractivity contribution in [2.75, 3.05) is 13.1 Å². The number of halogens is 2. The fourth-order valence-corrected chi connectivity index (χ4v) is 1.54. The summed E-state index contributed by atoms with van der Waals surface area (Å²) in [6.07, 6.45) is 2.01. The van der Waals surface area contributed by atoms with Gasteiger partial charge >= 0.3 is 6.09 Å². The number of ether oxygens (including phenoxy) is 1. The Labute approximate surface area is 117 Å². The van der Waals surface area contributed by atoms with Crippen LogP contribution in [0.1, 0.15) is 27.7 Å². The van der Waals surface area contributed by atoms with E-state index < -0.39 is 42.7 Å². The molecule has 2 amide bonds. The van der Waals surface area contributed by atoms with Gasteiger partial charge in [-0.25, -0.2) is 13.6 Å². The molecule has 1 heterocycles. The maximum atomic E-state index is 12.6. The van der Waals surface area contributed by atoms with Crippen LogP contribution in [0.5, 0.6) is 0 Å². The zero-order chi connectivity index (χ0) is 15.6. The normalized spacial score (nSPS) is 19.4. The topological polar surface area (TPSA) is 58.6 Å². The number of alkyl halides is 2. The number of amides is 2. The van der Waals surface area contributed by atoms with Crippen LogP contribution in [-0.2, 0) is 9.53 Å². The molecule has 7 heteroatoms. The van der Waals surface area contributed by atoms with Gasteiger partial charge in [-0.05, 0) is 27.7 Å². The Morgan fingerprint density at radius 2 is 1.90 bits per heavy atom. The molecule has 0 spiro atoms. The van der Waals surface area contributed by atoms with Crippen LogP contribution >= 0.6 is 0 Å². The molecule has 1 N–H and O–H groups in total. The van der Waals surface area contributed by atoms with E-state index in [1.165, 1.54) is 12.2 Å². The second-order valence-corrected chi connectivity index (χ2v) is 5.84. The molecule has 1 saturated heterocycles. The fourth-order valence-electron chi connectivity index (χ4n) is 1.54. The summed E-state index contributed by atoms with van der Waals surface area (Å²) in [6.45, 7) is 5.76. The van der Waals surface area contributed by atoms with E-state index in [-0.39, 0.29) is 0 Å². The van der Waals surface area contributed by atoms with E-state index in [9.17, 15) is 18.4 Å². The molecule has 1 aliphatic heterocycles. The number of nitrogens with zero attached hydrogens (tertiary/aromatic N) is 1. The minimum atomic E-state index is -2.77. The molecule has 1 aliphatic rings. The Kier molecular flexibility index (Phi) is 4.73. The second kappa shape index (κ2) is 5.76. The molecule has 0 saturated carbocycles. The maximum absolute atomic E-state index is 12.6. The molecule has 1 fully saturated rings. The Morgan fingerprint density at radius 3 is 2.35 bits per heavy atom. The zero-order valence-electron chi connectivity index (χ0n) is 12.1. The summed E-state index contributed by atoms with van der Waals surface area (Å²) in [7, 11) is 0. The first-order valence-corrected chi connectivity index (χ1v) is 6.33. The largest absolute Gasteiger partial charge is 0.444 e. The number of hydrogen-bond acceptors (Lipinski definition) is 3. The molecule has 0 aromatic heterocycles. The molecule has 0 unspecified atom stereocenters. The van der Waals surface area contributed by atoms with Crippen molar-refractivity contribution < 1.29 is 23.1 Å². The number of carbonyl (C=O) groups excluding carboxylic acids is 2. The molecule has 1 rings (SSSR count). The van der Waals surface area contributed by atoms with E-state index >= 15 is 0 Å². The van der Waals surface area contributed by atoms with E-state index in [0.717, 1.165) is 4.90 Å². The summed E-state index contributed by atoms with van der Waals surface area (Å²) < 4.78 is 30.2. The van der Waals surface area contributed by atoms with Crippen LogP contribution in [0.3, 0.4) is 0 Å². The predicted molar refractivity (Wildman–Crippen MR) is 69.5 cm³/mol. The van der Waals surface area contributed by atoms with Gasteiger partial charge in [0.15, 0.2) is 0 Å². The highest BCUT2D eigenvalue weighted by Crippen LogP contribution is 2.26. The number of nitrogens with one attached hydrogen (secondary N) is 1. The summed E-state index contributed by atoms with van der Waals surface area (Å²) in [5.41, 5.74) is -0.605. The minimum Gasteiger partial charge on any atom is -0.444 e. The third-order valence-corrected chi connectivity index (χ3v) is 2.43. The third-order valence-electron chi connectivity index (χ3n) is 2.43. The molecule has 1 atom stereocenters. The standard InChI is InChI=1S/C13H20F2N2O3/c1-9(16-11(19)20-12(2,3)4)5-6-10(18)17-7-13(14,15)8-17/h5-6,9H,7-8H2,1-4H3,(H,16,19)/b6-5-/t9-/m0/s1. The highest BCUT2D eigenvalue weighted by atomic mass is 19.3. The molecular weight excluding hydrogens is 270 g/mol. The van der Waals surface area contributed by atoms with Gasteiger partial charge in [0, 0.05) is 12.1 Å². The SMILES string of the molecule is C[C@@H](/C=C\C(=O)N1CC(F)(F)C1)NC(=O)OC(C)(C)C. The van der Waals surface area contributed by atoms with Crippen LogP contribution in [0.15, 0.2) is 12.2 Å². The third kappa shape index (κ3) is 5.54. The zero-order valence-corrected chi connectivity index (χ0v) is 12.1. The summed E-state index contributed by atoms with van der Waals surface area (Å²) in [6, 6.07) is -0.435. The molecule has 0 aromatic rings. The fraction of sp³-hybridized carbons (Fsp3) is 0.692. The van der Waals surface area contributed by atoms with Gasteiger partial charge < -0.3 is 15.0 Å². The number of likely N-dealkylation sites (tertiary alicyclic amines) is 1. The first-order valence-electron chi connectivity index (χ1n) is 6.33. The Bertz CT molecular complexity index is 408. The van der Waals surface area contributed by atoms with E-state index in [2.05, 4.69) is 5.32 Å². The first kappa shape index (κ1) is 16.4. The van der Waals surface area contributed by atoms with Crippen molar-refractivity contribution in [1.29, 1.82) is 0 Å². The molecule has 0 aromatic carbocycles. The lowest BCUT2D eigenvalue weighted by Crippen LogP contribution is -2.58. The number of rotatable bonds is 3. The molecular formula is C13H20F2N2O3. The van der Waals surface area contributed by atoms with E-state index in [1.54, 1.807) is 27.7 Å². The number of alkyl carbamates (subject to hydrolysis) is 1. The smallest absolute Gasteiger partial charge is 0.408 e. The molecule has 114 valence electrons. The number of hydrogen-bond donors (Lipinski definition) is 1. The van der Waals surface area contributed by atoms with Crippen molar-refractivity contribution in [3.8, 4) is 0 Å². The van der Waals surface area contributed by atoms with Crippen LogP contribution in [0.25, 0.3) is 0 Å². The molecule has 20 heavy (non-hydrogen) atoms. The predicted octanol–water partition coefficient (Wildman–Crippen LogP) is 1.93. The van der Waals surface area contributed by atoms with Crippen molar-refractivity contribution in [3.05, 3.63) is 12.2 Å². The van der Waals surface area contributed by atoms with Gasteiger partial charge in [-0.2, -0.15) is 0 Å². The average molecular weight is 290 g/mol. The van der Waals surface area contributed by atoms with E-state index in [0.29, 0.717) is 0 Å². The van der Waals surface area contributed by atoms with Crippen molar-refractivity contribution >= 4 is 12.0 Å². The molecule has 5 nitrogen and oxygen atoms in total. The van der Waals surface area contributed by atoms with Crippen molar-refractivity contribution in [3.63, 3.8) is 0 Å². The Hall–Kier alpha value is -1.66. The lowest BCUT2D eigenvalue weighted by Gasteiger charge is -2.38. The van der Waals surface area contributed by atoms with Crippen molar-refractivity contribution in [2.24, 2.45) is 0 Å². The average Bonchev–Trinajstić information content (AvgIpc) is 2.19. The molecule has 0 bridgehead atoms. The summed E-state index contributed by atoms with van der Waals surface area (Å²) >= 11 is 0. The second-order valence-electron chi connectivity index (χ2n) is 5.84. The van der Waals surface area contributed by atoms with E-state index in [1.807, 2.05) is 0 Å². The highest BCUT2D eigenvalue weighted by molar-refractivity contribution is 5.88. The van der Waals surface area contributed by atoms with Gasteiger partial charge in [-0.1, -0.05) is 6.08 Å². The van der Waals surface area contributed by atoms with Crippen LogP contribution in [0, 0.1) is 0 Å². The van der Waals surface area contributed by atoms with E-state index in [4.69, 9.17) is 4.74 Å². The quantitative estimate of drug-likeness (QED) is 0.808. The maximum Gasteiger partial charge on any atom is 0.408 e. The van der Waals surface area contributed by atoms with Crippen LogP contribution in [-0.4, -0.2) is 47.6 Å². The van der Waals surface area contributed by atoms with Gasteiger partial charge in [-0.15, -0.1) is 0 Å². The monoisotopic (exact) mass is 290 g/mol. The lowest BCUT2D eigenvalue weighted by atomic mass is 10.1. The first-order chi connectivity index (χ1) is 8.98. The van der Waals surface area contributed by atoms with Crippen molar-refractivity contribution in [2.45, 2.75) is 45.3 Å². The summed E-state index contributed by atoms with van der Waals surface area (Å²) in [4.78, 5) is 24.0. The van der Waals surface area contributed by atoms with Gasteiger partial charge in [0.05, 0.1) is 13.1 Å². The van der Waals surface area contributed by atoms with Crippen LogP contribution in [0.4, 0.5) is 13.6 Å². The van der Waals surface area contributed by atoms with Crippen LogP contribution in [0.2, 0.25) is 0 Å². The number of carbonyl (C=O) groups is 2.